The average Bonchev–Trinajstić information content (AvgIpc) is 2.49. The highest BCUT2D eigenvalue weighted by molar-refractivity contribution is 14.0. The molecule has 0 heterocycles. The van der Waals surface area contributed by atoms with Gasteiger partial charge in [0, 0.05) is 36.3 Å². The van der Waals surface area contributed by atoms with E-state index in [9.17, 15) is 8.78 Å². The highest BCUT2D eigenvalue weighted by Gasteiger charge is 2.20. The van der Waals surface area contributed by atoms with Crippen LogP contribution in [0.3, 0.4) is 0 Å². The van der Waals surface area contributed by atoms with E-state index in [1.54, 1.807) is 13.1 Å². The van der Waals surface area contributed by atoms with Gasteiger partial charge in [-0.15, -0.1) is 24.0 Å². The molecule has 1 rings (SSSR count). The Hall–Kier alpha value is -0.870. The lowest BCUT2D eigenvalue weighted by Gasteiger charge is -2.33. The average molecular weight is 491 g/mol. The minimum absolute atomic E-state index is 0. The number of guanidine groups is 1. The number of ether oxygens (including phenoxy) is 1. The number of hydrogen-bond acceptors (Lipinski definition) is 3. The highest BCUT2D eigenvalue weighted by Crippen LogP contribution is 2.24. The van der Waals surface area contributed by atoms with E-state index in [-0.39, 0.29) is 41.8 Å². The third-order valence-corrected chi connectivity index (χ3v) is 4.04. The fraction of sp³-hybridized carbons (Fsp3) is 0.562. The zero-order valence-corrected chi connectivity index (χ0v) is 18.2. The Labute approximate surface area is 170 Å². The van der Waals surface area contributed by atoms with Crippen LogP contribution < -0.4 is 15.4 Å². The molecular weight excluding hydrogens is 465 g/mol. The molecule has 0 aliphatic rings. The Morgan fingerprint density at radius 3 is 2.48 bits per heavy atom. The van der Waals surface area contributed by atoms with Crippen molar-refractivity contribution in [3.63, 3.8) is 0 Å². The summed E-state index contributed by atoms with van der Waals surface area (Å²) in [5, 5.41) is 6.74. The number of aliphatic imine (C=N–C) groups is 1. The molecule has 0 saturated carbocycles. The van der Waals surface area contributed by atoms with E-state index >= 15 is 0 Å². The van der Waals surface area contributed by atoms with E-state index in [0.717, 1.165) is 0 Å². The number of nitrogens with one attached hydrogen (secondary N) is 2. The molecule has 0 atom stereocenters. The number of benzene rings is 1. The summed E-state index contributed by atoms with van der Waals surface area (Å²) in [4.78, 5) is 6.23. The van der Waals surface area contributed by atoms with Crippen LogP contribution in [0.2, 0.25) is 5.02 Å². The molecule has 1 aromatic rings. The summed E-state index contributed by atoms with van der Waals surface area (Å²) in [6.45, 7) is 2.22. The van der Waals surface area contributed by atoms with Crippen molar-refractivity contribution in [3.05, 3.63) is 28.8 Å². The van der Waals surface area contributed by atoms with E-state index < -0.39 is 6.61 Å². The smallest absolute Gasteiger partial charge is 0.387 e. The van der Waals surface area contributed by atoms with Crippen molar-refractivity contribution in [2.45, 2.75) is 32.5 Å². The van der Waals surface area contributed by atoms with Gasteiger partial charge in [0.2, 0.25) is 0 Å². The number of halogens is 4. The standard InChI is InChI=1S/C16H25ClF2N4O.HI/c1-16(2,23(4)5)10-22-15(20-3)21-9-11-8-12(17)6-7-13(11)24-14(18)19;/h6-8,14H,9-10H2,1-5H3,(H2,20,21,22);1H. The van der Waals surface area contributed by atoms with Gasteiger partial charge in [-0.05, 0) is 46.1 Å². The first-order valence-electron chi connectivity index (χ1n) is 7.51. The van der Waals surface area contributed by atoms with Crippen LogP contribution in [0.25, 0.3) is 0 Å². The van der Waals surface area contributed by atoms with Crippen molar-refractivity contribution in [2.24, 2.45) is 4.99 Å². The van der Waals surface area contributed by atoms with Crippen molar-refractivity contribution < 1.29 is 13.5 Å². The molecule has 5 nitrogen and oxygen atoms in total. The molecule has 0 aromatic heterocycles. The lowest BCUT2D eigenvalue weighted by molar-refractivity contribution is -0.0504. The maximum atomic E-state index is 12.5. The summed E-state index contributed by atoms with van der Waals surface area (Å²) in [7, 11) is 5.64. The summed E-state index contributed by atoms with van der Waals surface area (Å²) in [5.74, 6) is 0.652. The summed E-state index contributed by atoms with van der Waals surface area (Å²) in [6.07, 6.45) is 0. The molecule has 9 heteroatoms. The number of likely N-dealkylation sites (N-methyl/N-ethyl adjacent to an activating group) is 1. The van der Waals surface area contributed by atoms with Crippen LogP contribution >= 0.6 is 35.6 Å². The number of rotatable bonds is 7. The zero-order valence-electron chi connectivity index (χ0n) is 15.1. The van der Waals surface area contributed by atoms with Crippen molar-refractivity contribution in [1.29, 1.82) is 0 Å². The lowest BCUT2D eigenvalue weighted by Crippen LogP contribution is -2.50. The second-order valence-corrected chi connectivity index (χ2v) is 6.55. The molecule has 144 valence electrons. The van der Waals surface area contributed by atoms with Gasteiger partial charge in [-0.2, -0.15) is 8.78 Å². The Morgan fingerprint density at radius 1 is 1.32 bits per heavy atom. The summed E-state index contributed by atoms with van der Waals surface area (Å²) < 4.78 is 29.5. The first-order chi connectivity index (χ1) is 11.2. The molecule has 25 heavy (non-hydrogen) atoms. The monoisotopic (exact) mass is 490 g/mol. The van der Waals surface area contributed by atoms with Gasteiger partial charge in [0.1, 0.15) is 5.75 Å². The molecule has 0 unspecified atom stereocenters. The topological polar surface area (TPSA) is 48.9 Å². The lowest BCUT2D eigenvalue weighted by atomic mass is 10.0. The van der Waals surface area contributed by atoms with Gasteiger partial charge in [0.15, 0.2) is 5.96 Å². The molecule has 0 aliphatic heterocycles. The van der Waals surface area contributed by atoms with Gasteiger partial charge in [-0.3, -0.25) is 4.99 Å². The fourth-order valence-electron chi connectivity index (χ4n) is 1.75. The Bertz CT molecular complexity index is 571. The van der Waals surface area contributed by atoms with Gasteiger partial charge < -0.3 is 20.3 Å². The van der Waals surface area contributed by atoms with Crippen LogP contribution in [0, 0.1) is 0 Å². The number of hydrogen-bond donors (Lipinski definition) is 2. The second-order valence-electron chi connectivity index (χ2n) is 6.12. The van der Waals surface area contributed by atoms with Crippen molar-refractivity contribution in [1.82, 2.24) is 15.5 Å². The minimum atomic E-state index is -2.89. The molecule has 0 radical (unpaired) electrons. The van der Waals surface area contributed by atoms with Gasteiger partial charge in [-0.25, -0.2) is 0 Å². The van der Waals surface area contributed by atoms with E-state index in [1.165, 1.54) is 12.1 Å². The Morgan fingerprint density at radius 2 is 1.96 bits per heavy atom. The molecule has 0 amide bonds. The number of alkyl halides is 2. The third-order valence-electron chi connectivity index (χ3n) is 3.81. The molecule has 0 saturated heterocycles. The second kappa shape index (κ2) is 11.0. The molecule has 0 bridgehead atoms. The van der Waals surface area contributed by atoms with Crippen LogP contribution in [0.5, 0.6) is 5.75 Å². The molecule has 0 aliphatic carbocycles. The van der Waals surface area contributed by atoms with Gasteiger partial charge in [-0.1, -0.05) is 11.6 Å². The largest absolute Gasteiger partial charge is 0.434 e. The molecule has 0 spiro atoms. The van der Waals surface area contributed by atoms with Gasteiger partial charge in [0.05, 0.1) is 0 Å². The van der Waals surface area contributed by atoms with Gasteiger partial charge in [0.25, 0.3) is 0 Å². The fourth-order valence-corrected chi connectivity index (χ4v) is 1.95. The van der Waals surface area contributed by atoms with E-state index in [4.69, 9.17) is 11.6 Å². The summed E-state index contributed by atoms with van der Waals surface area (Å²) in [5.41, 5.74) is 0.454. The number of nitrogens with zero attached hydrogens (tertiary/aromatic N) is 2. The molecule has 2 N–H and O–H groups in total. The Kier molecular flexibility index (Phi) is 10.6. The third kappa shape index (κ3) is 8.37. The van der Waals surface area contributed by atoms with E-state index in [0.29, 0.717) is 23.1 Å². The maximum Gasteiger partial charge on any atom is 0.387 e. The predicted molar refractivity (Wildman–Crippen MR) is 109 cm³/mol. The van der Waals surface area contributed by atoms with Gasteiger partial charge >= 0.3 is 6.61 Å². The molecular formula is C16H26ClF2IN4O. The maximum absolute atomic E-state index is 12.5. The van der Waals surface area contributed by atoms with E-state index in [1.807, 2.05) is 14.1 Å². The quantitative estimate of drug-likeness (QED) is 0.349. The van der Waals surface area contributed by atoms with Crippen LogP contribution in [0.1, 0.15) is 19.4 Å². The van der Waals surface area contributed by atoms with Crippen LogP contribution in [-0.4, -0.2) is 50.7 Å². The first kappa shape index (κ1) is 24.1. The molecule has 0 fully saturated rings. The van der Waals surface area contributed by atoms with E-state index in [2.05, 4.69) is 39.1 Å². The highest BCUT2D eigenvalue weighted by atomic mass is 127. The van der Waals surface area contributed by atoms with Crippen LogP contribution in [0.4, 0.5) is 8.78 Å². The van der Waals surface area contributed by atoms with Crippen molar-refractivity contribution in [2.75, 3.05) is 27.7 Å². The SMILES string of the molecule is CN=C(NCc1cc(Cl)ccc1OC(F)F)NCC(C)(C)N(C)C.I. The first-order valence-corrected chi connectivity index (χ1v) is 7.88. The van der Waals surface area contributed by atoms with Crippen molar-refractivity contribution in [3.8, 4) is 5.75 Å². The van der Waals surface area contributed by atoms with Crippen molar-refractivity contribution >= 4 is 41.5 Å². The summed E-state index contributed by atoms with van der Waals surface area (Å²) in [6, 6.07) is 4.52. The summed E-state index contributed by atoms with van der Waals surface area (Å²) >= 11 is 5.94. The zero-order chi connectivity index (χ0) is 18.3. The molecule has 1 aromatic carbocycles. The normalized spacial score (nSPS) is 12.2. The van der Waals surface area contributed by atoms with Crippen LogP contribution in [-0.2, 0) is 6.54 Å². The predicted octanol–water partition coefficient (Wildman–Crippen LogP) is 3.56. The Balaban J connectivity index is 0.00000576. The minimum Gasteiger partial charge on any atom is -0.434 e. The van der Waals surface area contributed by atoms with Crippen LogP contribution in [0.15, 0.2) is 23.2 Å².